The quantitative estimate of drug-likeness (QED) is 0.483. The highest BCUT2D eigenvalue weighted by molar-refractivity contribution is 9.09. The van der Waals surface area contributed by atoms with E-state index in [0.717, 1.165) is 0 Å². The SMILES string of the molecule is COC(=O)c1ccc(OC)c(C(=O)CBr)c1. The molecule has 0 aliphatic heterocycles. The Bertz CT molecular complexity index is 414. The molecule has 0 atom stereocenters. The van der Waals surface area contributed by atoms with E-state index in [1.54, 1.807) is 12.1 Å². The molecule has 1 aromatic carbocycles. The van der Waals surface area contributed by atoms with Crippen LogP contribution in [-0.4, -0.2) is 31.3 Å². The summed E-state index contributed by atoms with van der Waals surface area (Å²) in [6, 6.07) is 4.59. The van der Waals surface area contributed by atoms with E-state index in [-0.39, 0.29) is 11.1 Å². The van der Waals surface area contributed by atoms with E-state index >= 15 is 0 Å². The third-order valence-corrected chi connectivity index (χ3v) is 2.55. The highest BCUT2D eigenvalue weighted by Gasteiger charge is 2.15. The number of hydrogen-bond acceptors (Lipinski definition) is 4. The lowest BCUT2D eigenvalue weighted by molar-refractivity contribution is 0.0600. The molecule has 16 heavy (non-hydrogen) atoms. The van der Waals surface area contributed by atoms with Gasteiger partial charge < -0.3 is 9.47 Å². The lowest BCUT2D eigenvalue weighted by Gasteiger charge is -2.07. The Morgan fingerprint density at radius 1 is 1.31 bits per heavy atom. The van der Waals surface area contributed by atoms with E-state index in [4.69, 9.17) is 4.74 Å². The van der Waals surface area contributed by atoms with Crippen molar-refractivity contribution in [3.63, 3.8) is 0 Å². The molecule has 1 rings (SSSR count). The lowest BCUT2D eigenvalue weighted by atomic mass is 10.1. The van der Waals surface area contributed by atoms with Crippen molar-refractivity contribution < 1.29 is 19.1 Å². The number of carbonyl (C=O) groups excluding carboxylic acids is 2. The van der Waals surface area contributed by atoms with Gasteiger partial charge in [-0.15, -0.1) is 0 Å². The maximum absolute atomic E-state index is 11.6. The number of halogens is 1. The van der Waals surface area contributed by atoms with Gasteiger partial charge in [0.1, 0.15) is 5.75 Å². The monoisotopic (exact) mass is 286 g/mol. The lowest BCUT2D eigenvalue weighted by Crippen LogP contribution is -2.07. The molecule has 0 amide bonds. The molecule has 0 heterocycles. The van der Waals surface area contributed by atoms with E-state index in [2.05, 4.69) is 20.7 Å². The summed E-state index contributed by atoms with van der Waals surface area (Å²) in [4.78, 5) is 22.9. The summed E-state index contributed by atoms with van der Waals surface area (Å²) in [5.74, 6) is -0.189. The standard InChI is InChI=1S/C11H11BrO4/c1-15-10-4-3-7(11(14)16-2)5-8(10)9(13)6-12/h3-5H,6H2,1-2H3. The average molecular weight is 287 g/mol. The van der Waals surface area contributed by atoms with E-state index in [9.17, 15) is 9.59 Å². The van der Waals surface area contributed by atoms with Gasteiger partial charge in [-0.25, -0.2) is 4.79 Å². The van der Waals surface area contributed by atoms with E-state index in [1.807, 2.05) is 0 Å². The first kappa shape index (κ1) is 12.7. The second kappa shape index (κ2) is 5.65. The van der Waals surface area contributed by atoms with Crippen LogP contribution in [0.15, 0.2) is 18.2 Å². The van der Waals surface area contributed by atoms with Gasteiger partial charge in [-0.3, -0.25) is 4.79 Å². The van der Waals surface area contributed by atoms with E-state index in [1.165, 1.54) is 20.3 Å². The zero-order chi connectivity index (χ0) is 12.1. The molecule has 0 saturated carbocycles. The predicted molar refractivity (Wildman–Crippen MR) is 62.5 cm³/mol. The maximum Gasteiger partial charge on any atom is 0.337 e. The number of Topliss-reactive ketones (excluding diaryl/α,β-unsaturated/α-hetero) is 1. The largest absolute Gasteiger partial charge is 0.496 e. The highest BCUT2D eigenvalue weighted by atomic mass is 79.9. The van der Waals surface area contributed by atoms with Crippen LogP contribution in [0.2, 0.25) is 0 Å². The van der Waals surface area contributed by atoms with Gasteiger partial charge in [-0.1, -0.05) is 15.9 Å². The van der Waals surface area contributed by atoms with Crippen LogP contribution in [0.4, 0.5) is 0 Å². The molecule has 0 bridgehead atoms. The average Bonchev–Trinajstić information content (AvgIpc) is 2.35. The number of alkyl halides is 1. The van der Waals surface area contributed by atoms with Crippen LogP contribution in [-0.2, 0) is 4.74 Å². The smallest absolute Gasteiger partial charge is 0.337 e. The number of ether oxygens (including phenoxy) is 2. The van der Waals surface area contributed by atoms with Crippen molar-refractivity contribution in [3.05, 3.63) is 29.3 Å². The van der Waals surface area contributed by atoms with Crippen molar-refractivity contribution in [1.29, 1.82) is 0 Å². The fourth-order valence-corrected chi connectivity index (χ4v) is 1.54. The van der Waals surface area contributed by atoms with Crippen molar-refractivity contribution >= 4 is 27.7 Å². The van der Waals surface area contributed by atoms with Gasteiger partial charge in [0.05, 0.1) is 30.7 Å². The maximum atomic E-state index is 11.6. The van der Waals surface area contributed by atoms with E-state index in [0.29, 0.717) is 16.9 Å². The normalized spacial score (nSPS) is 9.69. The number of esters is 1. The Kier molecular flexibility index (Phi) is 4.49. The second-order valence-electron chi connectivity index (χ2n) is 2.96. The summed E-state index contributed by atoms with van der Waals surface area (Å²) in [5.41, 5.74) is 0.690. The Balaban J connectivity index is 3.21. The summed E-state index contributed by atoms with van der Waals surface area (Å²) in [7, 11) is 2.76. The van der Waals surface area contributed by atoms with Gasteiger partial charge in [0.25, 0.3) is 0 Å². The van der Waals surface area contributed by atoms with Gasteiger partial charge in [0.15, 0.2) is 5.78 Å². The van der Waals surface area contributed by atoms with Crippen LogP contribution in [0.1, 0.15) is 20.7 Å². The molecule has 0 saturated heterocycles. The molecule has 86 valence electrons. The Morgan fingerprint density at radius 3 is 2.50 bits per heavy atom. The molecule has 0 fully saturated rings. The second-order valence-corrected chi connectivity index (χ2v) is 3.52. The predicted octanol–water partition coefficient (Wildman–Crippen LogP) is 2.06. The summed E-state index contributed by atoms with van der Waals surface area (Å²) in [5, 5.41) is 0.175. The molecule has 0 radical (unpaired) electrons. The Morgan fingerprint density at radius 2 is 2.00 bits per heavy atom. The zero-order valence-electron chi connectivity index (χ0n) is 8.95. The molecular formula is C11H11BrO4. The van der Waals surface area contributed by atoms with Crippen LogP contribution in [0.3, 0.4) is 0 Å². The molecule has 0 unspecified atom stereocenters. The fraction of sp³-hybridized carbons (Fsp3) is 0.273. The number of carbonyl (C=O) groups is 2. The summed E-state index contributed by atoms with van der Waals surface area (Å²) in [6.45, 7) is 0. The minimum absolute atomic E-state index is 0.150. The third-order valence-electron chi connectivity index (χ3n) is 2.04. The minimum atomic E-state index is -0.480. The number of rotatable bonds is 4. The van der Waals surface area contributed by atoms with Crippen LogP contribution in [0.25, 0.3) is 0 Å². The summed E-state index contributed by atoms with van der Waals surface area (Å²) in [6.07, 6.45) is 0. The fourth-order valence-electron chi connectivity index (χ4n) is 1.24. The molecule has 0 spiro atoms. The minimum Gasteiger partial charge on any atom is -0.496 e. The van der Waals surface area contributed by atoms with Gasteiger partial charge in [-0.05, 0) is 18.2 Å². The molecular weight excluding hydrogens is 276 g/mol. The van der Waals surface area contributed by atoms with Crippen LogP contribution in [0.5, 0.6) is 5.75 Å². The van der Waals surface area contributed by atoms with Gasteiger partial charge in [-0.2, -0.15) is 0 Å². The summed E-state index contributed by atoms with van der Waals surface area (Å²) < 4.78 is 9.62. The third kappa shape index (κ3) is 2.61. The van der Waals surface area contributed by atoms with Crippen LogP contribution in [0, 0.1) is 0 Å². The van der Waals surface area contributed by atoms with Crippen LogP contribution >= 0.6 is 15.9 Å². The van der Waals surface area contributed by atoms with Crippen molar-refractivity contribution in [2.75, 3.05) is 19.5 Å². The molecule has 4 nitrogen and oxygen atoms in total. The number of methoxy groups -OCH3 is 2. The highest BCUT2D eigenvalue weighted by Crippen LogP contribution is 2.21. The first-order valence-electron chi connectivity index (χ1n) is 4.49. The zero-order valence-corrected chi connectivity index (χ0v) is 10.5. The van der Waals surface area contributed by atoms with Gasteiger partial charge >= 0.3 is 5.97 Å². The molecule has 0 aliphatic rings. The Labute approximate surface area is 102 Å². The van der Waals surface area contributed by atoms with Crippen molar-refractivity contribution in [2.24, 2.45) is 0 Å². The summed E-state index contributed by atoms with van der Waals surface area (Å²) >= 11 is 3.07. The van der Waals surface area contributed by atoms with Crippen molar-refractivity contribution in [1.82, 2.24) is 0 Å². The van der Waals surface area contributed by atoms with Crippen molar-refractivity contribution in [3.8, 4) is 5.75 Å². The molecule has 1 aromatic rings. The van der Waals surface area contributed by atoms with Gasteiger partial charge in [0, 0.05) is 0 Å². The van der Waals surface area contributed by atoms with Gasteiger partial charge in [0.2, 0.25) is 0 Å². The molecule has 0 aliphatic carbocycles. The topological polar surface area (TPSA) is 52.6 Å². The van der Waals surface area contributed by atoms with E-state index < -0.39 is 5.97 Å². The van der Waals surface area contributed by atoms with Crippen molar-refractivity contribution in [2.45, 2.75) is 0 Å². The first-order valence-corrected chi connectivity index (χ1v) is 5.61. The number of hydrogen-bond donors (Lipinski definition) is 0. The Hall–Kier alpha value is -1.36. The number of ketones is 1. The van der Waals surface area contributed by atoms with Crippen LogP contribution < -0.4 is 4.74 Å². The molecule has 0 N–H and O–H groups in total. The molecule has 0 aromatic heterocycles. The molecule has 5 heteroatoms. The number of benzene rings is 1. The first-order chi connectivity index (χ1) is 7.63.